The molecule has 0 saturated heterocycles. The quantitative estimate of drug-likeness (QED) is 0.266. The van der Waals surface area contributed by atoms with Crippen LogP contribution in [-0.4, -0.2) is 62.3 Å². The lowest BCUT2D eigenvalue weighted by Gasteiger charge is -2.19. The Hall–Kier alpha value is -0.690. The molecule has 1 aliphatic heterocycles. The molecule has 0 fully saturated rings. The molecule has 4 atom stereocenters. The van der Waals surface area contributed by atoms with E-state index in [0.717, 1.165) is 6.21 Å². The lowest BCUT2D eigenvalue weighted by molar-refractivity contribution is -0.511. The van der Waals surface area contributed by atoms with Gasteiger partial charge in [-0.05, 0) is 0 Å². The van der Waals surface area contributed by atoms with E-state index in [9.17, 15) is 5.21 Å². The van der Waals surface area contributed by atoms with Crippen LogP contribution in [0.1, 0.15) is 0 Å². The van der Waals surface area contributed by atoms with Crippen molar-refractivity contribution in [1.29, 1.82) is 0 Å². The smallest absolute Gasteiger partial charge is 0.219 e. The number of aliphatic hydroxyl groups is 4. The molecule has 6 heteroatoms. The van der Waals surface area contributed by atoms with Crippen molar-refractivity contribution in [3.05, 3.63) is 5.21 Å². The molecule has 0 bridgehead atoms. The van der Waals surface area contributed by atoms with Gasteiger partial charge >= 0.3 is 0 Å². The van der Waals surface area contributed by atoms with Crippen molar-refractivity contribution in [2.45, 2.75) is 24.4 Å². The van der Waals surface area contributed by atoms with Gasteiger partial charge in [0.25, 0.3) is 0 Å². The molecule has 0 amide bonds. The first kappa shape index (κ1) is 9.40. The highest BCUT2D eigenvalue weighted by Crippen LogP contribution is 2.13. The fourth-order valence-electron chi connectivity index (χ4n) is 1.20. The van der Waals surface area contributed by atoms with Crippen LogP contribution in [0.4, 0.5) is 0 Å². The largest absolute Gasteiger partial charge is 0.624 e. The van der Waals surface area contributed by atoms with E-state index in [1.54, 1.807) is 0 Å². The van der Waals surface area contributed by atoms with Crippen molar-refractivity contribution in [3.8, 4) is 0 Å². The maximum Gasteiger partial charge on any atom is 0.219 e. The van der Waals surface area contributed by atoms with Gasteiger partial charge in [-0.25, -0.2) is 4.74 Å². The van der Waals surface area contributed by atoms with Crippen LogP contribution < -0.4 is 0 Å². The minimum Gasteiger partial charge on any atom is -0.624 e. The second-order valence-corrected chi connectivity index (χ2v) is 2.73. The Kier molecular flexibility index (Phi) is 2.63. The van der Waals surface area contributed by atoms with Crippen molar-refractivity contribution in [2.24, 2.45) is 0 Å². The van der Waals surface area contributed by atoms with Crippen molar-refractivity contribution >= 4 is 6.21 Å². The Bertz CT molecular complexity index is 194. The van der Waals surface area contributed by atoms with Gasteiger partial charge in [0.1, 0.15) is 6.10 Å². The van der Waals surface area contributed by atoms with E-state index in [0.29, 0.717) is 0 Å². The predicted molar refractivity (Wildman–Crippen MR) is 38.6 cm³/mol. The molecule has 6 nitrogen and oxygen atoms in total. The van der Waals surface area contributed by atoms with Gasteiger partial charge in [0.05, 0.1) is 6.61 Å². The second kappa shape index (κ2) is 3.36. The molecule has 0 aromatic heterocycles. The van der Waals surface area contributed by atoms with Crippen LogP contribution in [0.2, 0.25) is 0 Å². The number of rotatable bonds is 2. The van der Waals surface area contributed by atoms with E-state index in [1.165, 1.54) is 0 Å². The SMILES string of the molecule is [O-][N+]1=C[C@H](O)[C@@H](O)[C@@H]1[C@H](O)CO. The summed E-state index contributed by atoms with van der Waals surface area (Å²) in [6, 6.07) is -1.18. The highest BCUT2D eigenvalue weighted by Gasteiger charge is 2.43. The van der Waals surface area contributed by atoms with Crippen LogP contribution >= 0.6 is 0 Å². The molecule has 1 aliphatic rings. The second-order valence-electron chi connectivity index (χ2n) is 2.73. The highest BCUT2D eigenvalue weighted by atomic mass is 16.5. The maximum absolute atomic E-state index is 10.9. The Balaban J connectivity index is 2.72. The van der Waals surface area contributed by atoms with Crippen LogP contribution in [0.5, 0.6) is 0 Å². The Morgan fingerprint density at radius 3 is 2.42 bits per heavy atom. The van der Waals surface area contributed by atoms with Gasteiger partial charge < -0.3 is 25.6 Å². The molecule has 0 unspecified atom stereocenters. The van der Waals surface area contributed by atoms with Gasteiger partial charge in [-0.2, -0.15) is 0 Å². The minimum atomic E-state index is -1.34. The summed E-state index contributed by atoms with van der Waals surface area (Å²) in [5, 5.41) is 46.5. The van der Waals surface area contributed by atoms with E-state index >= 15 is 0 Å². The van der Waals surface area contributed by atoms with Gasteiger partial charge in [0, 0.05) is 0 Å². The standard InChI is InChI=1S/C6H11NO5/c8-2-4(10)5-6(11)3(9)1-7(5)12/h1,3-6,8-11H,2H2/t3-,4+,5-,6+/m0/s1. The summed E-state index contributed by atoms with van der Waals surface area (Å²) >= 11 is 0. The normalized spacial score (nSPS) is 38.0. The van der Waals surface area contributed by atoms with Crippen molar-refractivity contribution in [1.82, 2.24) is 0 Å². The van der Waals surface area contributed by atoms with E-state index in [4.69, 9.17) is 20.4 Å². The van der Waals surface area contributed by atoms with Crippen LogP contribution in [0.3, 0.4) is 0 Å². The number of nitrogens with zero attached hydrogens (tertiary/aromatic N) is 1. The van der Waals surface area contributed by atoms with E-state index in [1.807, 2.05) is 0 Å². The Morgan fingerprint density at radius 2 is 2.08 bits per heavy atom. The average molecular weight is 177 g/mol. The Morgan fingerprint density at radius 1 is 1.50 bits per heavy atom. The average Bonchev–Trinajstić information content (AvgIpc) is 2.26. The summed E-state index contributed by atoms with van der Waals surface area (Å²) < 4.78 is 0.260. The molecule has 0 saturated carbocycles. The molecule has 0 spiro atoms. The molecule has 0 aliphatic carbocycles. The lowest BCUT2D eigenvalue weighted by atomic mass is 10.1. The number of hydrogen-bond donors (Lipinski definition) is 4. The zero-order valence-corrected chi connectivity index (χ0v) is 6.24. The van der Waals surface area contributed by atoms with Crippen molar-refractivity contribution in [3.63, 3.8) is 0 Å². The predicted octanol–water partition coefficient (Wildman–Crippen LogP) is -2.98. The molecule has 1 heterocycles. The first-order valence-electron chi connectivity index (χ1n) is 3.53. The molecule has 70 valence electrons. The van der Waals surface area contributed by atoms with E-state index in [2.05, 4.69) is 0 Å². The topological polar surface area (TPSA) is 107 Å². The third-order valence-corrected chi connectivity index (χ3v) is 1.87. The summed E-state index contributed by atoms with van der Waals surface area (Å²) in [4.78, 5) is 0. The molecule has 4 N–H and O–H groups in total. The number of hydroxylamine groups is 1. The maximum atomic E-state index is 10.9. The zero-order valence-electron chi connectivity index (χ0n) is 6.24. The van der Waals surface area contributed by atoms with Crippen molar-refractivity contribution < 1.29 is 25.2 Å². The van der Waals surface area contributed by atoms with Gasteiger partial charge in [0.2, 0.25) is 6.04 Å². The molecule has 1 rings (SSSR count). The third-order valence-electron chi connectivity index (χ3n) is 1.87. The number of aliphatic hydroxyl groups excluding tert-OH is 4. The summed E-state index contributed by atoms with van der Waals surface area (Å²) in [6.45, 7) is -0.624. The van der Waals surface area contributed by atoms with Gasteiger partial charge in [-0.3, -0.25) is 0 Å². The van der Waals surface area contributed by atoms with Crippen LogP contribution in [0.15, 0.2) is 0 Å². The minimum absolute atomic E-state index is 0.260. The Labute approximate surface area is 68.6 Å². The van der Waals surface area contributed by atoms with Crippen LogP contribution in [0.25, 0.3) is 0 Å². The van der Waals surface area contributed by atoms with Crippen LogP contribution in [0, 0.1) is 5.21 Å². The van der Waals surface area contributed by atoms with E-state index < -0.39 is 31.0 Å². The molecular weight excluding hydrogens is 166 g/mol. The van der Waals surface area contributed by atoms with Crippen LogP contribution in [-0.2, 0) is 0 Å². The first-order chi connectivity index (χ1) is 5.57. The molecular formula is C6H11NO5. The van der Waals surface area contributed by atoms with Gasteiger partial charge in [0.15, 0.2) is 18.4 Å². The monoisotopic (exact) mass is 177 g/mol. The summed E-state index contributed by atoms with van der Waals surface area (Å²) in [5.74, 6) is 0. The fourth-order valence-corrected chi connectivity index (χ4v) is 1.20. The fraction of sp³-hybridized carbons (Fsp3) is 0.833. The van der Waals surface area contributed by atoms with Gasteiger partial charge in [-0.1, -0.05) is 0 Å². The highest BCUT2D eigenvalue weighted by molar-refractivity contribution is 5.60. The lowest BCUT2D eigenvalue weighted by Crippen LogP contribution is -2.44. The molecule has 0 aromatic carbocycles. The zero-order chi connectivity index (χ0) is 9.30. The van der Waals surface area contributed by atoms with E-state index in [-0.39, 0.29) is 4.74 Å². The van der Waals surface area contributed by atoms with Gasteiger partial charge in [-0.15, -0.1) is 0 Å². The summed E-state index contributed by atoms with van der Waals surface area (Å²) in [6.07, 6.45) is -3.10. The third kappa shape index (κ3) is 1.42. The molecule has 0 aromatic rings. The molecule has 0 radical (unpaired) electrons. The van der Waals surface area contributed by atoms with Crippen molar-refractivity contribution in [2.75, 3.05) is 6.61 Å². The summed E-state index contributed by atoms with van der Waals surface area (Å²) in [7, 11) is 0. The first-order valence-corrected chi connectivity index (χ1v) is 3.53. The molecule has 12 heavy (non-hydrogen) atoms. The number of hydrogen-bond acceptors (Lipinski definition) is 5. The summed E-state index contributed by atoms with van der Waals surface area (Å²) in [5.41, 5.74) is 0.